The minimum atomic E-state index is 0.392. The highest BCUT2D eigenvalue weighted by molar-refractivity contribution is 5.22. The second-order valence-electron chi connectivity index (χ2n) is 6.96. The first-order chi connectivity index (χ1) is 11.4. The Morgan fingerprint density at radius 1 is 1.04 bits per heavy atom. The maximum Gasteiger partial charge on any atom is 0.122 e. The predicted molar refractivity (Wildman–Crippen MR) is 92.5 cm³/mol. The van der Waals surface area contributed by atoms with Gasteiger partial charge in [-0.1, -0.05) is 30.3 Å². The van der Waals surface area contributed by atoms with Gasteiger partial charge in [-0.3, -0.25) is 4.90 Å². The van der Waals surface area contributed by atoms with Gasteiger partial charge in [-0.2, -0.15) is 0 Å². The third kappa shape index (κ3) is 3.36. The van der Waals surface area contributed by atoms with Gasteiger partial charge < -0.3 is 9.73 Å². The quantitative estimate of drug-likeness (QED) is 0.875. The summed E-state index contributed by atoms with van der Waals surface area (Å²) in [5.74, 6) is 1.85. The lowest BCUT2D eigenvalue weighted by Gasteiger charge is -2.38. The fourth-order valence-electron chi connectivity index (χ4n) is 4.00. The molecule has 1 saturated heterocycles. The van der Waals surface area contributed by atoms with Crippen molar-refractivity contribution >= 4 is 0 Å². The van der Waals surface area contributed by atoms with E-state index in [2.05, 4.69) is 46.6 Å². The van der Waals surface area contributed by atoms with Gasteiger partial charge in [0.1, 0.15) is 5.76 Å². The Hall–Kier alpha value is -1.58. The third-order valence-corrected chi connectivity index (χ3v) is 5.46. The van der Waals surface area contributed by atoms with Crippen LogP contribution in [-0.2, 0) is 0 Å². The first kappa shape index (κ1) is 15.0. The summed E-state index contributed by atoms with van der Waals surface area (Å²) in [7, 11) is 0. The predicted octanol–water partition coefficient (Wildman–Crippen LogP) is 3.95. The van der Waals surface area contributed by atoms with Crippen molar-refractivity contribution in [2.45, 2.75) is 43.7 Å². The Morgan fingerprint density at radius 2 is 1.83 bits per heavy atom. The lowest BCUT2D eigenvalue weighted by atomic mass is 9.76. The van der Waals surface area contributed by atoms with Crippen LogP contribution in [-0.4, -0.2) is 30.6 Å². The Morgan fingerprint density at radius 3 is 2.52 bits per heavy atom. The molecule has 0 radical (unpaired) electrons. The van der Waals surface area contributed by atoms with Crippen molar-refractivity contribution in [3.05, 3.63) is 60.1 Å². The van der Waals surface area contributed by atoms with Crippen LogP contribution in [0.4, 0.5) is 0 Å². The summed E-state index contributed by atoms with van der Waals surface area (Å²) >= 11 is 0. The number of likely N-dealkylation sites (tertiary alicyclic amines) is 1. The molecule has 23 heavy (non-hydrogen) atoms. The van der Waals surface area contributed by atoms with E-state index in [0.29, 0.717) is 12.1 Å². The summed E-state index contributed by atoms with van der Waals surface area (Å²) in [6, 6.07) is 16.1. The molecular weight excluding hydrogens is 284 g/mol. The molecule has 0 bridgehead atoms. The average molecular weight is 310 g/mol. The highest BCUT2D eigenvalue weighted by Gasteiger charge is 2.32. The zero-order valence-corrected chi connectivity index (χ0v) is 13.7. The minimum absolute atomic E-state index is 0.392. The van der Waals surface area contributed by atoms with Gasteiger partial charge in [0.25, 0.3) is 0 Å². The van der Waals surface area contributed by atoms with Gasteiger partial charge in [-0.15, -0.1) is 0 Å². The summed E-state index contributed by atoms with van der Waals surface area (Å²) in [6.45, 7) is 3.40. The molecule has 0 spiro atoms. The van der Waals surface area contributed by atoms with Gasteiger partial charge in [0.2, 0.25) is 0 Å². The van der Waals surface area contributed by atoms with Crippen molar-refractivity contribution in [3.8, 4) is 0 Å². The van der Waals surface area contributed by atoms with Gasteiger partial charge in [-0.25, -0.2) is 0 Å². The largest absolute Gasteiger partial charge is 0.468 e. The number of hydrogen-bond acceptors (Lipinski definition) is 3. The first-order valence-electron chi connectivity index (χ1n) is 8.96. The van der Waals surface area contributed by atoms with Crippen molar-refractivity contribution in [1.82, 2.24) is 10.2 Å². The summed E-state index contributed by atoms with van der Waals surface area (Å²) in [6.07, 6.45) is 6.95. The van der Waals surface area contributed by atoms with Crippen LogP contribution >= 0.6 is 0 Å². The van der Waals surface area contributed by atoms with E-state index >= 15 is 0 Å². The van der Waals surface area contributed by atoms with Crippen LogP contribution in [0.1, 0.15) is 49.0 Å². The fourth-order valence-corrected chi connectivity index (χ4v) is 4.00. The molecule has 1 N–H and O–H groups in total. The molecule has 2 heterocycles. The van der Waals surface area contributed by atoms with Crippen LogP contribution in [0.3, 0.4) is 0 Å². The molecule has 1 aliphatic heterocycles. The molecule has 1 aromatic carbocycles. The van der Waals surface area contributed by atoms with Crippen molar-refractivity contribution in [2.24, 2.45) is 0 Å². The molecule has 122 valence electrons. The van der Waals surface area contributed by atoms with E-state index < -0.39 is 0 Å². The van der Waals surface area contributed by atoms with E-state index in [9.17, 15) is 0 Å². The minimum Gasteiger partial charge on any atom is -0.468 e. The van der Waals surface area contributed by atoms with E-state index in [4.69, 9.17) is 4.42 Å². The van der Waals surface area contributed by atoms with Crippen molar-refractivity contribution in [1.29, 1.82) is 0 Å². The summed E-state index contributed by atoms with van der Waals surface area (Å²) in [4.78, 5) is 2.57. The van der Waals surface area contributed by atoms with Gasteiger partial charge in [0, 0.05) is 12.6 Å². The number of rotatable bonds is 6. The Balaban J connectivity index is 1.31. The maximum absolute atomic E-state index is 5.70. The summed E-state index contributed by atoms with van der Waals surface area (Å²) < 4.78 is 5.70. The van der Waals surface area contributed by atoms with Gasteiger partial charge in [-0.05, 0) is 62.4 Å². The van der Waals surface area contributed by atoms with Crippen LogP contribution in [0, 0.1) is 0 Å². The van der Waals surface area contributed by atoms with Crippen LogP contribution in [0.2, 0.25) is 0 Å². The molecule has 1 unspecified atom stereocenters. The molecular formula is C20H26N2O. The van der Waals surface area contributed by atoms with Crippen LogP contribution in [0.5, 0.6) is 0 Å². The average Bonchev–Trinajstić information content (AvgIpc) is 3.24. The van der Waals surface area contributed by atoms with Crippen molar-refractivity contribution < 1.29 is 4.42 Å². The van der Waals surface area contributed by atoms with Crippen molar-refractivity contribution in [2.75, 3.05) is 19.6 Å². The van der Waals surface area contributed by atoms with Crippen LogP contribution in [0.25, 0.3) is 0 Å². The number of benzene rings is 1. The molecule has 2 fully saturated rings. The van der Waals surface area contributed by atoms with E-state index in [1.165, 1.54) is 44.3 Å². The number of nitrogens with zero attached hydrogens (tertiary/aromatic N) is 1. The molecule has 2 aliphatic rings. The molecule has 3 nitrogen and oxygen atoms in total. The molecule has 4 rings (SSSR count). The Labute approximate surface area is 138 Å². The molecule has 1 atom stereocenters. The van der Waals surface area contributed by atoms with Gasteiger partial charge in [0.15, 0.2) is 0 Å². The van der Waals surface area contributed by atoms with Gasteiger partial charge >= 0.3 is 0 Å². The molecule has 1 aliphatic carbocycles. The Bertz CT molecular complexity index is 583. The fraction of sp³-hybridized carbons (Fsp3) is 0.500. The van der Waals surface area contributed by atoms with E-state index in [0.717, 1.165) is 18.2 Å². The van der Waals surface area contributed by atoms with E-state index in [-0.39, 0.29) is 0 Å². The first-order valence-corrected chi connectivity index (χ1v) is 8.96. The van der Waals surface area contributed by atoms with E-state index in [1.54, 1.807) is 6.26 Å². The lowest BCUT2D eigenvalue weighted by molar-refractivity contribution is 0.188. The van der Waals surface area contributed by atoms with Crippen LogP contribution < -0.4 is 5.32 Å². The Kier molecular flexibility index (Phi) is 4.49. The standard InChI is InChI=1S/C20H26N2O/c1-2-7-16(8-3-1)17-13-18(14-17)21-15-19(20-9-6-12-23-20)22-10-4-5-11-22/h1-3,6-9,12,17-19,21H,4-5,10-11,13-15H2. The molecule has 2 aromatic rings. The second kappa shape index (κ2) is 6.90. The number of nitrogens with one attached hydrogen (secondary N) is 1. The molecule has 1 aromatic heterocycles. The number of furan rings is 1. The summed E-state index contributed by atoms with van der Waals surface area (Å²) in [5.41, 5.74) is 1.49. The maximum atomic E-state index is 5.70. The topological polar surface area (TPSA) is 28.4 Å². The lowest BCUT2D eigenvalue weighted by Crippen LogP contribution is -2.44. The van der Waals surface area contributed by atoms with Crippen LogP contribution in [0.15, 0.2) is 53.1 Å². The summed E-state index contributed by atoms with van der Waals surface area (Å²) in [5, 5.41) is 3.78. The van der Waals surface area contributed by atoms with E-state index in [1.807, 2.05) is 6.07 Å². The third-order valence-electron chi connectivity index (χ3n) is 5.46. The highest BCUT2D eigenvalue weighted by atomic mass is 16.3. The van der Waals surface area contributed by atoms with Gasteiger partial charge in [0.05, 0.1) is 12.3 Å². The molecule has 3 heteroatoms. The monoisotopic (exact) mass is 310 g/mol. The zero-order chi connectivity index (χ0) is 15.5. The molecule has 1 saturated carbocycles. The normalized spacial score (nSPS) is 26.1. The number of hydrogen-bond donors (Lipinski definition) is 1. The zero-order valence-electron chi connectivity index (χ0n) is 13.7. The molecule has 0 amide bonds. The smallest absolute Gasteiger partial charge is 0.122 e. The highest BCUT2D eigenvalue weighted by Crippen LogP contribution is 2.37. The SMILES string of the molecule is c1ccc(C2CC(NCC(c3ccco3)N3CCCC3)C2)cc1. The van der Waals surface area contributed by atoms with Crippen molar-refractivity contribution in [3.63, 3.8) is 0 Å². The second-order valence-corrected chi connectivity index (χ2v) is 6.96.